The Bertz CT molecular complexity index is 395. The minimum absolute atomic E-state index is 0.208. The van der Waals surface area contributed by atoms with Gasteiger partial charge in [0.15, 0.2) is 0 Å². The van der Waals surface area contributed by atoms with Gasteiger partial charge in [0.2, 0.25) is 5.91 Å². The number of carbonyl (C=O) groups excluding carboxylic acids is 1. The Morgan fingerprint density at radius 1 is 1.61 bits per heavy atom. The van der Waals surface area contributed by atoms with Gasteiger partial charge in [-0.3, -0.25) is 4.79 Å². The number of amides is 1. The van der Waals surface area contributed by atoms with Crippen LogP contribution in [0.1, 0.15) is 5.56 Å². The van der Waals surface area contributed by atoms with Gasteiger partial charge in [-0.2, -0.15) is 0 Å². The van der Waals surface area contributed by atoms with Gasteiger partial charge in [0.1, 0.15) is 11.9 Å². The lowest BCUT2D eigenvalue weighted by atomic mass is 10.2. The molecule has 0 fully saturated rings. The Morgan fingerprint density at radius 2 is 2.33 bits per heavy atom. The SMILES string of the molecule is COCC(N)C(=O)NCc1cccnc1N(C)C. The second kappa shape index (κ2) is 6.93. The van der Waals surface area contributed by atoms with Crippen molar-refractivity contribution >= 4 is 11.7 Å². The molecule has 1 atom stereocenters. The molecule has 0 saturated heterocycles. The van der Waals surface area contributed by atoms with Gasteiger partial charge in [0.25, 0.3) is 0 Å². The maximum atomic E-state index is 11.6. The quantitative estimate of drug-likeness (QED) is 0.729. The fraction of sp³-hybridized carbons (Fsp3) is 0.500. The number of carbonyl (C=O) groups is 1. The lowest BCUT2D eigenvalue weighted by Crippen LogP contribution is -2.43. The highest BCUT2D eigenvalue weighted by Crippen LogP contribution is 2.13. The van der Waals surface area contributed by atoms with E-state index in [0.29, 0.717) is 6.54 Å². The average molecular weight is 252 g/mol. The van der Waals surface area contributed by atoms with Crippen LogP contribution in [0.2, 0.25) is 0 Å². The fourth-order valence-electron chi connectivity index (χ4n) is 1.54. The summed E-state index contributed by atoms with van der Waals surface area (Å²) >= 11 is 0. The third-order valence-corrected chi connectivity index (χ3v) is 2.43. The summed E-state index contributed by atoms with van der Waals surface area (Å²) in [6.45, 7) is 0.608. The van der Waals surface area contributed by atoms with Crippen LogP contribution in [0.15, 0.2) is 18.3 Å². The molecule has 6 nitrogen and oxygen atoms in total. The van der Waals surface area contributed by atoms with E-state index in [-0.39, 0.29) is 12.5 Å². The van der Waals surface area contributed by atoms with Crippen LogP contribution in [0.5, 0.6) is 0 Å². The van der Waals surface area contributed by atoms with Gasteiger partial charge in [-0.15, -0.1) is 0 Å². The minimum atomic E-state index is -0.644. The van der Waals surface area contributed by atoms with Crippen LogP contribution in [0.4, 0.5) is 5.82 Å². The van der Waals surface area contributed by atoms with Crippen LogP contribution in [0, 0.1) is 0 Å². The van der Waals surface area contributed by atoms with E-state index in [1.54, 1.807) is 6.20 Å². The van der Waals surface area contributed by atoms with Crippen LogP contribution in [0.25, 0.3) is 0 Å². The molecule has 0 spiro atoms. The van der Waals surface area contributed by atoms with Crippen molar-refractivity contribution in [2.24, 2.45) is 5.73 Å². The maximum Gasteiger partial charge on any atom is 0.239 e. The molecule has 1 heterocycles. The molecule has 0 aromatic carbocycles. The van der Waals surface area contributed by atoms with Crippen LogP contribution >= 0.6 is 0 Å². The lowest BCUT2D eigenvalue weighted by Gasteiger charge is -2.17. The van der Waals surface area contributed by atoms with E-state index in [4.69, 9.17) is 10.5 Å². The maximum absolute atomic E-state index is 11.6. The van der Waals surface area contributed by atoms with Crippen LogP contribution in [-0.2, 0) is 16.1 Å². The third-order valence-electron chi connectivity index (χ3n) is 2.43. The minimum Gasteiger partial charge on any atom is -0.383 e. The van der Waals surface area contributed by atoms with Crippen molar-refractivity contribution in [2.75, 3.05) is 32.7 Å². The van der Waals surface area contributed by atoms with Crippen molar-refractivity contribution in [2.45, 2.75) is 12.6 Å². The Labute approximate surface area is 107 Å². The molecular formula is C12H20N4O2. The van der Waals surface area contributed by atoms with Gasteiger partial charge in [0.05, 0.1) is 6.61 Å². The zero-order valence-electron chi connectivity index (χ0n) is 11.0. The molecule has 1 rings (SSSR count). The number of rotatable bonds is 6. The van der Waals surface area contributed by atoms with Crippen LogP contribution < -0.4 is 16.0 Å². The van der Waals surface area contributed by atoms with Gasteiger partial charge in [-0.1, -0.05) is 6.07 Å². The second-order valence-electron chi connectivity index (χ2n) is 4.16. The zero-order valence-corrected chi connectivity index (χ0v) is 11.0. The van der Waals surface area contributed by atoms with Gasteiger partial charge < -0.3 is 20.7 Å². The molecule has 1 aromatic heterocycles. The number of methoxy groups -OCH3 is 1. The molecule has 6 heteroatoms. The van der Waals surface area contributed by atoms with E-state index in [1.165, 1.54) is 7.11 Å². The number of ether oxygens (including phenoxy) is 1. The van der Waals surface area contributed by atoms with Crippen LogP contribution in [0.3, 0.4) is 0 Å². The molecule has 0 aliphatic rings. The summed E-state index contributed by atoms with van der Waals surface area (Å²) < 4.78 is 4.83. The van der Waals surface area contributed by atoms with E-state index in [0.717, 1.165) is 11.4 Å². The molecule has 18 heavy (non-hydrogen) atoms. The molecule has 100 valence electrons. The second-order valence-corrected chi connectivity index (χ2v) is 4.16. The van der Waals surface area contributed by atoms with Gasteiger partial charge in [-0.05, 0) is 6.07 Å². The van der Waals surface area contributed by atoms with E-state index < -0.39 is 6.04 Å². The molecule has 1 unspecified atom stereocenters. The number of nitrogens with one attached hydrogen (secondary N) is 1. The predicted octanol–water partition coefficient (Wildman–Crippen LogP) is -0.262. The Morgan fingerprint density at radius 3 is 2.94 bits per heavy atom. The van der Waals surface area contributed by atoms with E-state index in [9.17, 15) is 4.79 Å². The normalized spacial score (nSPS) is 12.0. The number of nitrogens with two attached hydrogens (primary N) is 1. The first-order valence-corrected chi connectivity index (χ1v) is 5.69. The zero-order chi connectivity index (χ0) is 13.5. The van der Waals surface area contributed by atoms with Gasteiger partial charge in [-0.25, -0.2) is 4.98 Å². The largest absolute Gasteiger partial charge is 0.383 e. The summed E-state index contributed by atoms with van der Waals surface area (Å²) in [6, 6.07) is 3.11. The highest BCUT2D eigenvalue weighted by molar-refractivity contribution is 5.81. The Kier molecular flexibility index (Phi) is 5.54. The first-order valence-electron chi connectivity index (χ1n) is 5.69. The number of hydrogen-bond donors (Lipinski definition) is 2. The molecule has 0 radical (unpaired) electrons. The molecule has 0 aliphatic carbocycles. The monoisotopic (exact) mass is 252 g/mol. The van der Waals surface area contributed by atoms with Gasteiger partial charge in [0, 0.05) is 39.5 Å². The fourth-order valence-corrected chi connectivity index (χ4v) is 1.54. The summed E-state index contributed by atoms with van der Waals surface area (Å²) in [5.74, 6) is 0.600. The summed E-state index contributed by atoms with van der Waals surface area (Å²) in [7, 11) is 5.33. The summed E-state index contributed by atoms with van der Waals surface area (Å²) in [5.41, 5.74) is 6.57. The van der Waals surface area contributed by atoms with E-state index in [1.807, 2.05) is 31.1 Å². The average Bonchev–Trinajstić information content (AvgIpc) is 2.36. The molecule has 1 aromatic rings. The van der Waals surface area contributed by atoms with Crippen molar-refractivity contribution in [3.05, 3.63) is 23.9 Å². The standard InChI is InChI=1S/C12H20N4O2/c1-16(2)11-9(5-4-6-14-11)7-15-12(17)10(13)8-18-3/h4-6,10H,7-8,13H2,1-3H3,(H,15,17). The first kappa shape index (κ1) is 14.4. The van der Waals surface area contributed by atoms with Crippen molar-refractivity contribution in [1.82, 2.24) is 10.3 Å². The number of hydrogen-bond acceptors (Lipinski definition) is 5. The first-order chi connectivity index (χ1) is 8.56. The van der Waals surface area contributed by atoms with E-state index >= 15 is 0 Å². The topological polar surface area (TPSA) is 80.5 Å². The highest BCUT2D eigenvalue weighted by atomic mass is 16.5. The number of nitrogens with zero attached hydrogens (tertiary/aromatic N) is 2. The van der Waals surface area contributed by atoms with Crippen LogP contribution in [-0.4, -0.2) is 44.7 Å². The number of anilines is 1. The van der Waals surface area contributed by atoms with Crippen molar-refractivity contribution < 1.29 is 9.53 Å². The molecule has 3 N–H and O–H groups in total. The summed E-state index contributed by atoms with van der Waals surface area (Å²) in [4.78, 5) is 17.8. The predicted molar refractivity (Wildman–Crippen MR) is 70.3 cm³/mol. The smallest absolute Gasteiger partial charge is 0.239 e. The molecule has 0 aliphatic heterocycles. The van der Waals surface area contributed by atoms with E-state index in [2.05, 4.69) is 10.3 Å². The molecule has 1 amide bonds. The highest BCUT2D eigenvalue weighted by Gasteiger charge is 2.13. The number of pyridine rings is 1. The molecule has 0 saturated carbocycles. The van der Waals surface area contributed by atoms with Gasteiger partial charge >= 0.3 is 0 Å². The summed E-state index contributed by atoms with van der Waals surface area (Å²) in [6.07, 6.45) is 1.72. The number of aromatic nitrogens is 1. The Hall–Kier alpha value is -1.66. The van der Waals surface area contributed by atoms with Crippen molar-refractivity contribution in [3.8, 4) is 0 Å². The summed E-state index contributed by atoms with van der Waals surface area (Å²) in [5, 5.41) is 2.77. The lowest BCUT2D eigenvalue weighted by molar-refractivity contribution is -0.123. The van der Waals surface area contributed by atoms with Crippen molar-refractivity contribution in [1.29, 1.82) is 0 Å². The molecule has 0 bridgehead atoms. The van der Waals surface area contributed by atoms with Crippen molar-refractivity contribution in [3.63, 3.8) is 0 Å². The Balaban J connectivity index is 2.61. The molecular weight excluding hydrogens is 232 g/mol. The third kappa shape index (κ3) is 3.97.